The molecule has 0 N–H and O–H groups in total. The lowest BCUT2D eigenvalue weighted by atomic mass is 9.95. The highest BCUT2D eigenvalue weighted by molar-refractivity contribution is 6.17. The molecule has 0 saturated heterocycles. The predicted octanol–water partition coefficient (Wildman–Crippen LogP) is 10.4. The molecule has 32 heavy (non-hydrogen) atoms. The summed E-state index contributed by atoms with van der Waals surface area (Å²) in [5.41, 5.74) is 1.49. The summed E-state index contributed by atoms with van der Waals surface area (Å²) < 4.78 is 0. The first-order valence-corrected chi connectivity index (χ1v) is 13.2. The molecule has 0 amide bonds. The summed E-state index contributed by atoms with van der Waals surface area (Å²) in [7, 11) is 0. The molecule has 4 aromatic carbocycles. The smallest absolute Gasteiger partial charge is 0.00990 e. The molecule has 0 heteroatoms. The lowest BCUT2D eigenvalue weighted by Gasteiger charge is -2.09. The average Bonchev–Trinajstić information content (AvgIpc) is 2.84. The van der Waals surface area contributed by atoms with Crippen LogP contribution in [0.4, 0.5) is 0 Å². The minimum absolute atomic E-state index is 1.21. The van der Waals surface area contributed by atoms with E-state index >= 15 is 0 Å². The van der Waals surface area contributed by atoms with E-state index in [9.17, 15) is 0 Å². The Labute approximate surface area is 195 Å². The third-order valence-corrected chi connectivity index (χ3v) is 7.13. The normalized spacial score (nSPS) is 11.7. The van der Waals surface area contributed by atoms with Gasteiger partial charge in [0.1, 0.15) is 0 Å². The van der Waals surface area contributed by atoms with Crippen LogP contribution in [-0.4, -0.2) is 0 Å². The standard InChI is InChI=1S/C32H40/c1-2-3-4-5-6-7-8-9-10-11-12-13-16-26-19-22-30-28(25-26)21-24-31-29-18-15-14-17-27(29)20-23-32(30)31/h14-15,17-25H,2-13,16H2,1H3. The van der Waals surface area contributed by atoms with Gasteiger partial charge in [0.15, 0.2) is 0 Å². The number of fused-ring (bicyclic) bond motifs is 5. The summed E-state index contributed by atoms with van der Waals surface area (Å²) in [6.45, 7) is 2.29. The first-order chi connectivity index (χ1) is 15.9. The van der Waals surface area contributed by atoms with Gasteiger partial charge in [0.25, 0.3) is 0 Å². The molecule has 0 saturated carbocycles. The maximum atomic E-state index is 2.42. The molecule has 0 nitrogen and oxygen atoms in total. The predicted molar refractivity (Wildman–Crippen MR) is 144 cm³/mol. The Kier molecular flexibility index (Phi) is 8.60. The van der Waals surface area contributed by atoms with E-state index in [1.165, 1.54) is 121 Å². The summed E-state index contributed by atoms with van der Waals surface area (Å²) in [5.74, 6) is 0. The molecule has 0 fully saturated rings. The fourth-order valence-corrected chi connectivity index (χ4v) is 5.20. The van der Waals surface area contributed by atoms with Crippen molar-refractivity contribution < 1.29 is 0 Å². The van der Waals surface area contributed by atoms with Gasteiger partial charge >= 0.3 is 0 Å². The molecule has 0 aromatic heterocycles. The number of hydrogen-bond donors (Lipinski definition) is 0. The van der Waals surface area contributed by atoms with Crippen LogP contribution in [0.3, 0.4) is 0 Å². The van der Waals surface area contributed by atoms with E-state index in [2.05, 4.69) is 73.7 Å². The zero-order chi connectivity index (χ0) is 22.0. The Morgan fingerprint density at radius 1 is 0.438 bits per heavy atom. The van der Waals surface area contributed by atoms with Crippen molar-refractivity contribution in [2.24, 2.45) is 0 Å². The Balaban J connectivity index is 1.23. The van der Waals surface area contributed by atoms with Crippen LogP contribution in [0.2, 0.25) is 0 Å². The van der Waals surface area contributed by atoms with Gasteiger partial charge in [0.05, 0.1) is 0 Å². The maximum Gasteiger partial charge on any atom is -0.00990 e. The van der Waals surface area contributed by atoms with Gasteiger partial charge in [0.2, 0.25) is 0 Å². The number of unbranched alkanes of at least 4 members (excludes halogenated alkanes) is 11. The highest BCUT2D eigenvalue weighted by Gasteiger charge is 2.05. The molecule has 0 aliphatic rings. The Morgan fingerprint density at radius 3 is 1.66 bits per heavy atom. The van der Waals surface area contributed by atoms with Gasteiger partial charge in [-0.05, 0) is 50.7 Å². The van der Waals surface area contributed by atoms with Crippen LogP contribution in [0.5, 0.6) is 0 Å². The first-order valence-electron chi connectivity index (χ1n) is 13.2. The molecule has 0 heterocycles. The van der Waals surface area contributed by atoms with Gasteiger partial charge in [0, 0.05) is 0 Å². The fraction of sp³-hybridized carbons (Fsp3) is 0.438. The second kappa shape index (κ2) is 12.0. The average molecular weight is 425 g/mol. The van der Waals surface area contributed by atoms with Crippen LogP contribution in [0.15, 0.2) is 66.7 Å². The Bertz CT molecular complexity index is 1120. The van der Waals surface area contributed by atoms with Gasteiger partial charge in [-0.25, -0.2) is 0 Å². The molecule has 0 radical (unpaired) electrons. The minimum atomic E-state index is 1.21. The maximum absolute atomic E-state index is 2.42. The minimum Gasteiger partial charge on any atom is -0.0654 e. The molecule has 0 atom stereocenters. The van der Waals surface area contributed by atoms with Crippen LogP contribution in [0, 0.1) is 0 Å². The van der Waals surface area contributed by atoms with Crippen LogP contribution >= 0.6 is 0 Å². The summed E-state index contributed by atoms with van der Waals surface area (Å²) >= 11 is 0. The largest absolute Gasteiger partial charge is 0.0654 e. The molecular weight excluding hydrogens is 384 g/mol. The van der Waals surface area contributed by atoms with E-state index in [-0.39, 0.29) is 0 Å². The second-order valence-corrected chi connectivity index (χ2v) is 9.64. The molecule has 0 unspecified atom stereocenters. The van der Waals surface area contributed by atoms with Crippen molar-refractivity contribution >= 4 is 32.3 Å². The zero-order valence-corrected chi connectivity index (χ0v) is 20.0. The third-order valence-electron chi connectivity index (χ3n) is 7.13. The van der Waals surface area contributed by atoms with E-state index in [0.29, 0.717) is 0 Å². The first kappa shape index (κ1) is 22.8. The highest BCUT2D eigenvalue weighted by Crippen LogP contribution is 2.31. The van der Waals surface area contributed by atoms with Gasteiger partial charge in [-0.1, -0.05) is 144 Å². The quantitative estimate of drug-likeness (QED) is 0.148. The van der Waals surface area contributed by atoms with Crippen LogP contribution in [0.25, 0.3) is 32.3 Å². The topological polar surface area (TPSA) is 0 Å². The highest BCUT2D eigenvalue weighted by atomic mass is 14.1. The Morgan fingerprint density at radius 2 is 0.969 bits per heavy atom. The Hall–Kier alpha value is -2.34. The van der Waals surface area contributed by atoms with Crippen molar-refractivity contribution in [3.8, 4) is 0 Å². The molecule has 4 aromatic rings. The second-order valence-electron chi connectivity index (χ2n) is 9.64. The zero-order valence-electron chi connectivity index (χ0n) is 20.0. The van der Waals surface area contributed by atoms with Crippen LogP contribution in [0.1, 0.15) is 89.5 Å². The molecule has 4 rings (SSSR count). The number of benzene rings is 4. The monoisotopic (exact) mass is 424 g/mol. The van der Waals surface area contributed by atoms with Crippen molar-refractivity contribution in [2.45, 2.75) is 90.4 Å². The van der Waals surface area contributed by atoms with Gasteiger partial charge in [-0.15, -0.1) is 0 Å². The molecule has 0 aliphatic heterocycles. The van der Waals surface area contributed by atoms with Crippen molar-refractivity contribution in [2.75, 3.05) is 0 Å². The summed E-state index contributed by atoms with van der Waals surface area (Å²) in [6, 6.07) is 25.0. The van der Waals surface area contributed by atoms with E-state index in [4.69, 9.17) is 0 Å². The van der Waals surface area contributed by atoms with Crippen molar-refractivity contribution in [3.05, 3.63) is 72.3 Å². The van der Waals surface area contributed by atoms with Crippen LogP contribution < -0.4 is 0 Å². The van der Waals surface area contributed by atoms with E-state index in [1.54, 1.807) is 0 Å². The van der Waals surface area contributed by atoms with Gasteiger partial charge in [-0.3, -0.25) is 0 Å². The molecule has 168 valence electrons. The number of rotatable bonds is 13. The SMILES string of the molecule is CCCCCCCCCCCCCCc1ccc2c(ccc3c4ccccc4ccc23)c1. The lowest BCUT2D eigenvalue weighted by molar-refractivity contribution is 0.544. The summed E-state index contributed by atoms with van der Waals surface area (Å²) in [4.78, 5) is 0. The van der Waals surface area contributed by atoms with E-state index < -0.39 is 0 Å². The molecule has 0 bridgehead atoms. The van der Waals surface area contributed by atoms with Gasteiger partial charge < -0.3 is 0 Å². The van der Waals surface area contributed by atoms with Gasteiger partial charge in [-0.2, -0.15) is 0 Å². The van der Waals surface area contributed by atoms with E-state index in [1.807, 2.05) is 0 Å². The fourth-order valence-electron chi connectivity index (χ4n) is 5.20. The number of aryl methyl sites for hydroxylation is 1. The van der Waals surface area contributed by atoms with E-state index in [0.717, 1.165) is 0 Å². The van der Waals surface area contributed by atoms with Crippen molar-refractivity contribution in [1.82, 2.24) is 0 Å². The summed E-state index contributed by atoms with van der Waals surface area (Å²) in [5, 5.41) is 8.17. The van der Waals surface area contributed by atoms with Crippen LogP contribution in [-0.2, 0) is 6.42 Å². The molecular formula is C32H40. The molecule has 0 aliphatic carbocycles. The number of hydrogen-bond acceptors (Lipinski definition) is 0. The van der Waals surface area contributed by atoms with Crippen molar-refractivity contribution in [3.63, 3.8) is 0 Å². The lowest BCUT2D eigenvalue weighted by Crippen LogP contribution is -1.88. The van der Waals surface area contributed by atoms with Crippen molar-refractivity contribution in [1.29, 1.82) is 0 Å². The molecule has 0 spiro atoms. The summed E-state index contributed by atoms with van der Waals surface area (Å²) in [6.07, 6.45) is 18.2. The third kappa shape index (κ3) is 5.91.